The number of piperidine rings is 1. The largest absolute Gasteiger partial charge is 0.326 e. The Labute approximate surface area is 137 Å². The Bertz CT molecular complexity index is 611. The smallest absolute Gasteiger partial charge is 0.231 e. The summed E-state index contributed by atoms with van der Waals surface area (Å²) in [5, 5.41) is 6.13. The van der Waals surface area contributed by atoms with E-state index in [0.29, 0.717) is 17.9 Å². The lowest BCUT2D eigenvalue weighted by molar-refractivity contribution is -0.125. The van der Waals surface area contributed by atoms with Crippen molar-refractivity contribution in [2.75, 3.05) is 29.4 Å². The molecule has 124 valence electrons. The minimum atomic E-state index is -3.29. The highest BCUT2D eigenvalue weighted by Crippen LogP contribution is 2.27. The number of hydrogen-bond donors (Lipinski definition) is 3. The first-order chi connectivity index (χ1) is 9.78. The number of sulfonamides is 1. The highest BCUT2D eigenvalue weighted by molar-refractivity contribution is 7.92. The Kier molecular flexibility index (Phi) is 6.22. The fourth-order valence-electron chi connectivity index (χ4n) is 2.37. The molecule has 1 aromatic rings. The molecule has 1 atom stereocenters. The number of carbonyl (C=O) groups excluding carboxylic acids is 1. The van der Waals surface area contributed by atoms with E-state index in [1.54, 1.807) is 24.3 Å². The molecule has 1 saturated heterocycles. The van der Waals surface area contributed by atoms with Gasteiger partial charge in [-0.05, 0) is 50.6 Å². The van der Waals surface area contributed by atoms with Gasteiger partial charge in [-0.1, -0.05) is 0 Å². The standard InChI is InChI=1S/C14H21N3O3S.ClH/c1-14(8-3-9-15-10-14)13(18)16-11-4-6-12(7-5-11)17-21(2,19)20;/h4-7,15,17H,3,8-10H2,1-2H3,(H,16,18);1H. The van der Waals surface area contributed by atoms with E-state index < -0.39 is 15.4 Å². The molecule has 6 nitrogen and oxygen atoms in total. The molecule has 0 radical (unpaired) electrons. The van der Waals surface area contributed by atoms with E-state index in [0.717, 1.165) is 25.6 Å². The summed E-state index contributed by atoms with van der Waals surface area (Å²) in [7, 11) is -3.29. The molecule has 1 amide bonds. The zero-order chi connectivity index (χ0) is 15.5. The molecule has 2 rings (SSSR count). The summed E-state index contributed by atoms with van der Waals surface area (Å²) < 4.78 is 24.6. The molecule has 1 heterocycles. The van der Waals surface area contributed by atoms with Crippen molar-refractivity contribution in [3.05, 3.63) is 24.3 Å². The quantitative estimate of drug-likeness (QED) is 0.775. The van der Waals surface area contributed by atoms with Gasteiger partial charge in [0.05, 0.1) is 11.7 Å². The van der Waals surface area contributed by atoms with Gasteiger partial charge in [-0.25, -0.2) is 8.42 Å². The molecule has 3 N–H and O–H groups in total. The Morgan fingerprint density at radius 1 is 1.23 bits per heavy atom. The number of benzene rings is 1. The van der Waals surface area contributed by atoms with Crippen LogP contribution in [0.1, 0.15) is 19.8 Å². The van der Waals surface area contributed by atoms with E-state index in [4.69, 9.17) is 0 Å². The van der Waals surface area contributed by atoms with E-state index in [2.05, 4.69) is 15.4 Å². The molecule has 0 saturated carbocycles. The molecular formula is C14H22ClN3O3S. The molecule has 0 aromatic heterocycles. The summed E-state index contributed by atoms with van der Waals surface area (Å²) in [6.07, 6.45) is 2.94. The summed E-state index contributed by atoms with van der Waals surface area (Å²) in [5.74, 6) is -0.0153. The highest BCUT2D eigenvalue weighted by Gasteiger charge is 2.34. The lowest BCUT2D eigenvalue weighted by Crippen LogP contribution is -2.46. The van der Waals surface area contributed by atoms with Gasteiger partial charge in [0.1, 0.15) is 0 Å². The van der Waals surface area contributed by atoms with Gasteiger partial charge in [0.25, 0.3) is 0 Å². The van der Waals surface area contributed by atoms with Crippen LogP contribution in [-0.4, -0.2) is 33.7 Å². The van der Waals surface area contributed by atoms with Crippen LogP contribution in [0.2, 0.25) is 0 Å². The van der Waals surface area contributed by atoms with Crippen LogP contribution >= 0.6 is 12.4 Å². The van der Waals surface area contributed by atoms with Crippen LogP contribution < -0.4 is 15.4 Å². The van der Waals surface area contributed by atoms with Crippen LogP contribution in [0, 0.1) is 5.41 Å². The molecule has 22 heavy (non-hydrogen) atoms. The number of rotatable bonds is 4. The normalized spacial score (nSPS) is 21.5. The zero-order valence-corrected chi connectivity index (χ0v) is 14.3. The Morgan fingerprint density at radius 3 is 2.32 bits per heavy atom. The molecule has 1 fully saturated rings. The molecule has 1 aliphatic rings. The third-order valence-corrected chi connectivity index (χ3v) is 4.20. The Morgan fingerprint density at radius 2 is 1.82 bits per heavy atom. The van der Waals surface area contributed by atoms with Crippen molar-refractivity contribution in [1.29, 1.82) is 0 Å². The van der Waals surface area contributed by atoms with Crippen molar-refractivity contribution in [3.63, 3.8) is 0 Å². The summed E-state index contributed by atoms with van der Waals surface area (Å²) in [6, 6.07) is 6.62. The van der Waals surface area contributed by atoms with Gasteiger partial charge in [0, 0.05) is 17.9 Å². The second-order valence-electron chi connectivity index (χ2n) is 5.75. The van der Waals surface area contributed by atoms with Gasteiger partial charge in [0.2, 0.25) is 15.9 Å². The monoisotopic (exact) mass is 347 g/mol. The van der Waals surface area contributed by atoms with Gasteiger partial charge in [0.15, 0.2) is 0 Å². The first kappa shape index (κ1) is 18.7. The average molecular weight is 348 g/mol. The first-order valence-corrected chi connectivity index (χ1v) is 8.78. The Hall–Kier alpha value is -1.31. The predicted molar refractivity (Wildman–Crippen MR) is 91.0 cm³/mol. The highest BCUT2D eigenvalue weighted by atomic mass is 35.5. The topological polar surface area (TPSA) is 87.3 Å². The molecule has 0 spiro atoms. The summed E-state index contributed by atoms with van der Waals surface area (Å²) in [4.78, 5) is 12.3. The van der Waals surface area contributed by atoms with Crippen LogP contribution in [0.25, 0.3) is 0 Å². The second-order valence-corrected chi connectivity index (χ2v) is 7.50. The summed E-state index contributed by atoms with van der Waals surface area (Å²) >= 11 is 0. The second kappa shape index (κ2) is 7.30. The maximum atomic E-state index is 12.3. The lowest BCUT2D eigenvalue weighted by atomic mass is 9.82. The minimum Gasteiger partial charge on any atom is -0.326 e. The molecule has 0 bridgehead atoms. The van der Waals surface area contributed by atoms with Crippen LogP contribution in [0.15, 0.2) is 24.3 Å². The number of nitrogens with one attached hydrogen (secondary N) is 3. The number of anilines is 2. The van der Waals surface area contributed by atoms with E-state index in [9.17, 15) is 13.2 Å². The van der Waals surface area contributed by atoms with E-state index in [1.807, 2.05) is 6.92 Å². The van der Waals surface area contributed by atoms with Gasteiger partial charge < -0.3 is 10.6 Å². The van der Waals surface area contributed by atoms with Gasteiger partial charge in [-0.15, -0.1) is 12.4 Å². The number of carbonyl (C=O) groups is 1. The SMILES string of the molecule is CC1(C(=O)Nc2ccc(NS(C)(=O)=O)cc2)CCCNC1.Cl. The number of amides is 1. The fourth-order valence-corrected chi connectivity index (χ4v) is 2.93. The van der Waals surface area contributed by atoms with Gasteiger partial charge in [-0.3, -0.25) is 9.52 Å². The third-order valence-electron chi connectivity index (χ3n) is 3.59. The molecule has 1 aromatic carbocycles. The fraction of sp³-hybridized carbons (Fsp3) is 0.500. The van der Waals surface area contributed by atoms with Crippen molar-refractivity contribution in [1.82, 2.24) is 5.32 Å². The van der Waals surface area contributed by atoms with E-state index in [-0.39, 0.29) is 18.3 Å². The van der Waals surface area contributed by atoms with Crippen molar-refractivity contribution >= 4 is 39.7 Å². The van der Waals surface area contributed by atoms with Gasteiger partial charge >= 0.3 is 0 Å². The number of halogens is 1. The maximum absolute atomic E-state index is 12.3. The van der Waals surface area contributed by atoms with Crippen molar-refractivity contribution in [3.8, 4) is 0 Å². The lowest BCUT2D eigenvalue weighted by Gasteiger charge is -2.32. The first-order valence-electron chi connectivity index (χ1n) is 6.89. The van der Waals surface area contributed by atoms with Crippen molar-refractivity contribution in [2.45, 2.75) is 19.8 Å². The molecule has 0 aliphatic carbocycles. The molecular weight excluding hydrogens is 326 g/mol. The van der Waals surface area contributed by atoms with Crippen molar-refractivity contribution in [2.24, 2.45) is 5.41 Å². The maximum Gasteiger partial charge on any atom is 0.231 e. The molecule has 8 heteroatoms. The third kappa shape index (κ3) is 5.15. The van der Waals surface area contributed by atoms with Crippen LogP contribution in [0.3, 0.4) is 0 Å². The van der Waals surface area contributed by atoms with Gasteiger partial charge in [-0.2, -0.15) is 0 Å². The molecule has 1 unspecified atom stereocenters. The predicted octanol–water partition coefficient (Wildman–Crippen LogP) is 1.81. The van der Waals surface area contributed by atoms with E-state index >= 15 is 0 Å². The summed E-state index contributed by atoms with van der Waals surface area (Å²) in [5.41, 5.74) is 0.731. The molecule has 1 aliphatic heterocycles. The van der Waals surface area contributed by atoms with Crippen LogP contribution in [-0.2, 0) is 14.8 Å². The van der Waals surface area contributed by atoms with E-state index in [1.165, 1.54) is 0 Å². The average Bonchev–Trinajstić information content (AvgIpc) is 2.40. The zero-order valence-electron chi connectivity index (χ0n) is 12.7. The number of hydrogen-bond acceptors (Lipinski definition) is 4. The van der Waals surface area contributed by atoms with Crippen LogP contribution in [0.5, 0.6) is 0 Å². The van der Waals surface area contributed by atoms with Crippen LogP contribution in [0.4, 0.5) is 11.4 Å². The minimum absolute atomic E-state index is 0. The van der Waals surface area contributed by atoms with Crippen molar-refractivity contribution < 1.29 is 13.2 Å². The summed E-state index contributed by atoms with van der Waals surface area (Å²) in [6.45, 7) is 3.58. The Balaban J connectivity index is 0.00000242.